The zero-order chi connectivity index (χ0) is 22.8. The van der Waals surface area contributed by atoms with Crippen LogP contribution in [0, 0.1) is 0 Å². The Morgan fingerprint density at radius 2 is 1.59 bits per heavy atom. The van der Waals surface area contributed by atoms with Gasteiger partial charge in [-0.1, -0.05) is 30.3 Å². The number of benzene rings is 3. The van der Waals surface area contributed by atoms with Crippen molar-refractivity contribution in [3.8, 4) is 17.2 Å². The number of nitrogens with zero attached hydrogens (tertiary/aromatic N) is 1. The molecule has 164 valence electrons. The zero-order valence-electron chi connectivity index (χ0n) is 17.7. The normalized spacial score (nSPS) is 10.4. The Bertz CT molecular complexity index is 1080. The highest BCUT2D eigenvalue weighted by molar-refractivity contribution is 6.39. The number of methoxy groups -OCH3 is 2. The third-order valence-corrected chi connectivity index (χ3v) is 4.37. The molecular formula is C24H23N3O5. The lowest BCUT2D eigenvalue weighted by atomic mass is 10.2. The standard InChI is InChI=1S/C24H23N3O5/c1-30-20-12-13-21(22(14-20)31-2)26-23(28)24(29)27-25-15-17-8-10-19(11-9-17)32-16-18-6-4-3-5-7-18/h3-15H,16H2,1-2H3,(H,26,28)(H,27,29)/b25-15-. The van der Waals surface area contributed by atoms with Crippen molar-refractivity contribution in [2.75, 3.05) is 19.5 Å². The number of hydrogen-bond acceptors (Lipinski definition) is 6. The lowest BCUT2D eigenvalue weighted by Gasteiger charge is -2.10. The van der Waals surface area contributed by atoms with Crippen molar-refractivity contribution in [2.24, 2.45) is 5.10 Å². The molecule has 3 aromatic carbocycles. The Hall–Kier alpha value is -4.33. The van der Waals surface area contributed by atoms with Gasteiger partial charge in [-0.05, 0) is 47.5 Å². The number of hydrogen-bond donors (Lipinski definition) is 2. The third kappa shape index (κ3) is 6.33. The summed E-state index contributed by atoms with van der Waals surface area (Å²) in [7, 11) is 2.97. The van der Waals surface area contributed by atoms with Crippen LogP contribution in [0.4, 0.5) is 5.69 Å². The fourth-order valence-corrected chi connectivity index (χ4v) is 2.69. The van der Waals surface area contributed by atoms with E-state index in [1.807, 2.05) is 30.3 Å². The molecule has 0 saturated carbocycles. The molecule has 2 amide bonds. The second-order valence-electron chi connectivity index (χ2n) is 6.56. The molecule has 0 aliphatic rings. The Kier molecular flexibility index (Phi) is 7.80. The van der Waals surface area contributed by atoms with E-state index < -0.39 is 11.8 Å². The van der Waals surface area contributed by atoms with E-state index in [1.54, 1.807) is 42.5 Å². The lowest BCUT2D eigenvalue weighted by molar-refractivity contribution is -0.136. The van der Waals surface area contributed by atoms with Gasteiger partial charge in [-0.25, -0.2) is 5.43 Å². The van der Waals surface area contributed by atoms with Gasteiger partial charge in [-0.2, -0.15) is 5.10 Å². The van der Waals surface area contributed by atoms with Gasteiger partial charge in [0.1, 0.15) is 23.9 Å². The van der Waals surface area contributed by atoms with Crippen LogP contribution in [0.1, 0.15) is 11.1 Å². The van der Waals surface area contributed by atoms with E-state index >= 15 is 0 Å². The highest BCUT2D eigenvalue weighted by Gasteiger charge is 2.15. The molecule has 0 saturated heterocycles. The summed E-state index contributed by atoms with van der Waals surface area (Å²) in [4.78, 5) is 24.1. The first kappa shape index (κ1) is 22.4. The van der Waals surface area contributed by atoms with Crippen molar-refractivity contribution >= 4 is 23.7 Å². The summed E-state index contributed by atoms with van der Waals surface area (Å²) in [6.07, 6.45) is 1.43. The van der Waals surface area contributed by atoms with E-state index in [4.69, 9.17) is 14.2 Å². The molecule has 0 aromatic heterocycles. The summed E-state index contributed by atoms with van der Waals surface area (Å²) in [5.74, 6) is -0.158. The van der Waals surface area contributed by atoms with Crippen LogP contribution in [0.2, 0.25) is 0 Å². The van der Waals surface area contributed by atoms with Crippen LogP contribution in [-0.2, 0) is 16.2 Å². The molecule has 0 heterocycles. The van der Waals surface area contributed by atoms with Crippen molar-refractivity contribution in [1.82, 2.24) is 5.43 Å². The number of anilines is 1. The number of carbonyl (C=O) groups is 2. The third-order valence-electron chi connectivity index (χ3n) is 4.37. The van der Waals surface area contributed by atoms with E-state index in [0.29, 0.717) is 29.5 Å². The number of rotatable bonds is 8. The molecule has 0 radical (unpaired) electrons. The summed E-state index contributed by atoms with van der Waals surface area (Å²) in [6.45, 7) is 0.471. The zero-order valence-corrected chi connectivity index (χ0v) is 17.7. The van der Waals surface area contributed by atoms with Gasteiger partial charge in [0.2, 0.25) is 0 Å². The Labute approximate surface area is 185 Å². The van der Waals surface area contributed by atoms with Crippen LogP contribution in [0.15, 0.2) is 77.9 Å². The van der Waals surface area contributed by atoms with Crippen LogP contribution in [-0.4, -0.2) is 32.2 Å². The van der Waals surface area contributed by atoms with E-state index in [9.17, 15) is 9.59 Å². The average molecular weight is 433 g/mol. The molecule has 0 atom stereocenters. The maximum absolute atomic E-state index is 12.1. The lowest BCUT2D eigenvalue weighted by Crippen LogP contribution is -2.32. The van der Waals surface area contributed by atoms with Gasteiger partial charge in [-0.15, -0.1) is 0 Å². The molecule has 0 spiro atoms. The second-order valence-corrected chi connectivity index (χ2v) is 6.56. The number of hydrazone groups is 1. The van der Waals surface area contributed by atoms with Crippen LogP contribution in [0.5, 0.6) is 17.2 Å². The van der Waals surface area contributed by atoms with Crippen LogP contribution in [0.25, 0.3) is 0 Å². The van der Waals surface area contributed by atoms with Gasteiger partial charge in [0.05, 0.1) is 26.1 Å². The van der Waals surface area contributed by atoms with Crippen molar-refractivity contribution in [3.05, 3.63) is 83.9 Å². The topological polar surface area (TPSA) is 98.2 Å². The quantitative estimate of drug-likeness (QED) is 0.322. The molecule has 0 bridgehead atoms. The monoisotopic (exact) mass is 433 g/mol. The van der Waals surface area contributed by atoms with E-state index in [2.05, 4.69) is 15.8 Å². The Morgan fingerprint density at radius 1 is 0.875 bits per heavy atom. The molecule has 0 fully saturated rings. The van der Waals surface area contributed by atoms with Crippen LogP contribution in [0.3, 0.4) is 0 Å². The van der Waals surface area contributed by atoms with Crippen molar-refractivity contribution in [2.45, 2.75) is 6.61 Å². The first-order chi connectivity index (χ1) is 15.6. The molecule has 2 N–H and O–H groups in total. The van der Waals surface area contributed by atoms with E-state index in [1.165, 1.54) is 20.4 Å². The fourth-order valence-electron chi connectivity index (χ4n) is 2.69. The molecule has 32 heavy (non-hydrogen) atoms. The van der Waals surface area contributed by atoms with Gasteiger partial charge in [0, 0.05) is 6.07 Å². The fraction of sp³-hybridized carbons (Fsp3) is 0.125. The van der Waals surface area contributed by atoms with Crippen LogP contribution < -0.4 is 25.0 Å². The smallest absolute Gasteiger partial charge is 0.329 e. The van der Waals surface area contributed by atoms with Gasteiger partial charge >= 0.3 is 11.8 Å². The predicted molar refractivity (Wildman–Crippen MR) is 121 cm³/mol. The van der Waals surface area contributed by atoms with Crippen molar-refractivity contribution < 1.29 is 23.8 Å². The predicted octanol–water partition coefficient (Wildman–Crippen LogP) is 3.37. The molecule has 0 unspecified atom stereocenters. The Morgan fingerprint density at radius 3 is 2.28 bits per heavy atom. The van der Waals surface area contributed by atoms with Gasteiger partial charge in [0.25, 0.3) is 0 Å². The highest BCUT2D eigenvalue weighted by Crippen LogP contribution is 2.28. The van der Waals surface area contributed by atoms with Crippen molar-refractivity contribution in [3.63, 3.8) is 0 Å². The van der Waals surface area contributed by atoms with Crippen molar-refractivity contribution in [1.29, 1.82) is 0 Å². The summed E-state index contributed by atoms with van der Waals surface area (Å²) in [5, 5.41) is 6.29. The van der Waals surface area contributed by atoms with Gasteiger partial charge < -0.3 is 19.5 Å². The molecule has 8 nitrogen and oxygen atoms in total. The minimum Gasteiger partial charge on any atom is -0.497 e. The molecule has 3 rings (SSSR count). The molecule has 8 heteroatoms. The largest absolute Gasteiger partial charge is 0.497 e. The maximum atomic E-state index is 12.1. The number of carbonyl (C=O) groups excluding carboxylic acids is 2. The molecule has 0 aliphatic heterocycles. The van der Waals surface area contributed by atoms with E-state index in [-0.39, 0.29) is 0 Å². The first-order valence-electron chi connectivity index (χ1n) is 9.72. The highest BCUT2D eigenvalue weighted by atomic mass is 16.5. The summed E-state index contributed by atoms with van der Waals surface area (Å²) < 4.78 is 16.0. The Balaban J connectivity index is 1.49. The first-order valence-corrected chi connectivity index (χ1v) is 9.72. The van der Waals surface area contributed by atoms with Crippen LogP contribution >= 0.6 is 0 Å². The maximum Gasteiger partial charge on any atom is 0.329 e. The second kappa shape index (κ2) is 11.2. The van der Waals surface area contributed by atoms with E-state index in [0.717, 1.165) is 11.1 Å². The molecular weight excluding hydrogens is 410 g/mol. The van der Waals surface area contributed by atoms with Gasteiger partial charge in [0.15, 0.2) is 0 Å². The number of nitrogens with one attached hydrogen (secondary N) is 2. The summed E-state index contributed by atoms with van der Waals surface area (Å²) >= 11 is 0. The minimum atomic E-state index is -0.915. The molecule has 3 aromatic rings. The minimum absolute atomic E-state index is 0.337. The summed E-state index contributed by atoms with van der Waals surface area (Å²) in [5.41, 5.74) is 4.34. The summed E-state index contributed by atoms with van der Waals surface area (Å²) in [6, 6.07) is 21.8. The number of amides is 2. The van der Waals surface area contributed by atoms with Gasteiger partial charge in [-0.3, -0.25) is 9.59 Å². The average Bonchev–Trinajstić information content (AvgIpc) is 2.84. The SMILES string of the molecule is COc1ccc(NC(=O)C(=O)N/N=C\c2ccc(OCc3ccccc3)cc2)c(OC)c1. The molecule has 0 aliphatic carbocycles. The number of ether oxygens (including phenoxy) is 3.